The van der Waals surface area contributed by atoms with Gasteiger partial charge in [-0.3, -0.25) is 19.4 Å². The molecule has 0 bridgehead atoms. The molecule has 3 fully saturated rings. The van der Waals surface area contributed by atoms with Crippen molar-refractivity contribution in [2.45, 2.75) is 123 Å². The third-order valence-electron chi connectivity index (χ3n) is 11.6. The molecule has 3 unspecified atom stereocenters. The van der Waals surface area contributed by atoms with E-state index in [4.69, 9.17) is 23.7 Å². The highest BCUT2D eigenvalue weighted by molar-refractivity contribution is 6.00. The van der Waals surface area contributed by atoms with Crippen molar-refractivity contribution >= 4 is 23.6 Å². The first kappa shape index (κ1) is 42.4. The van der Waals surface area contributed by atoms with Crippen molar-refractivity contribution in [3.05, 3.63) is 47.8 Å². The number of ether oxygens (including phenoxy) is 5. The molecule has 3 aliphatic heterocycles. The SMILES string of the molecule is C=C1CO[C@]2(C)[C@@H](CC)OC(=O)C(C)C(=O)[C@H](C)[C@@H](O[C@@H]3O[C@H](C)C[C@H](N(C)C)[C@H]3O)[C@](C)(OC/C=C/c3cncc(C#N)c3)CC(C)C(=O)C(C)[C@H]12. The molecule has 1 N–H and O–H groups in total. The van der Waals surface area contributed by atoms with Gasteiger partial charge in [-0.2, -0.15) is 5.26 Å². The largest absolute Gasteiger partial charge is 0.459 e. The third kappa shape index (κ3) is 9.15. The van der Waals surface area contributed by atoms with Gasteiger partial charge in [-0.15, -0.1) is 0 Å². The fraction of sp³-hybridized carbons (Fsp3) is 0.683. The molecular formula is C41H59N3O9. The van der Waals surface area contributed by atoms with Crippen molar-refractivity contribution in [2.75, 3.05) is 27.3 Å². The van der Waals surface area contributed by atoms with E-state index in [9.17, 15) is 24.8 Å². The number of rotatable bonds is 8. The number of nitrogens with zero attached hydrogens (tertiary/aromatic N) is 3. The predicted molar refractivity (Wildman–Crippen MR) is 198 cm³/mol. The summed E-state index contributed by atoms with van der Waals surface area (Å²) in [5, 5.41) is 20.9. The van der Waals surface area contributed by atoms with Crippen LogP contribution in [0.4, 0.5) is 0 Å². The zero-order valence-electron chi connectivity index (χ0n) is 33.0. The number of carbonyl (C=O) groups is 3. The van der Waals surface area contributed by atoms with Crippen LogP contribution in [-0.2, 0) is 38.1 Å². The summed E-state index contributed by atoms with van der Waals surface area (Å²) < 4.78 is 32.0. The number of likely N-dealkylation sites (N-methyl/N-ethyl adjacent to an activating group) is 1. The number of aliphatic hydroxyl groups excluding tert-OH is 1. The Morgan fingerprint density at radius 1 is 1.11 bits per heavy atom. The van der Waals surface area contributed by atoms with E-state index in [1.54, 1.807) is 38.3 Å². The summed E-state index contributed by atoms with van der Waals surface area (Å²) in [5.41, 5.74) is -0.511. The lowest BCUT2D eigenvalue weighted by Crippen LogP contribution is -2.59. The number of Topliss-reactive ketones (excluding diaryl/α,β-unsaturated/α-hetero) is 2. The van der Waals surface area contributed by atoms with E-state index in [0.29, 0.717) is 24.0 Å². The number of nitriles is 1. The molecule has 0 radical (unpaired) electrons. The van der Waals surface area contributed by atoms with Gasteiger partial charge in [0.1, 0.15) is 35.6 Å². The smallest absolute Gasteiger partial charge is 0.316 e. The van der Waals surface area contributed by atoms with Crippen molar-refractivity contribution in [1.82, 2.24) is 9.88 Å². The van der Waals surface area contributed by atoms with Gasteiger partial charge in [0, 0.05) is 42.1 Å². The van der Waals surface area contributed by atoms with Crippen LogP contribution in [-0.4, -0.2) is 108 Å². The number of esters is 1. The second kappa shape index (κ2) is 17.4. The first-order valence-electron chi connectivity index (χ1n) is 18.8. The minimum atomic E-state index is -1.33. The first-order chi connectivity index (χ1) is 24.9. The van der Waals surface area contributed by atoms with Crippen LogP contribution in [0.25, 0.3) is 6.08 Å². The number of carbonyl (C=O) groups excluding carboxylic acids is 3. The van der Waals surface area contributed by atoms with Crippen LogP contribution in [0, 0.1) is 40.9 Å². The lowest BCUT2D eigenvalue weighted by Gasteiger charge is -2.47. The van der Waals surface area contributed by atoms with Gasteiger partial charge in [0.05, 0.1) is 36.6 Å². The molecule has 1 aromatic heterocycles. The van der Waals surface area contributed by atoms with E-state index in [1.165, 1.54) is 13.1 Å². The second-order valence-corrected chi connectivity index (χ2v) is 15.9. The van der Waals surface area contributed by atoms with Gasteiger partial charge in [0.15, 0.2) is 12.1 Å². The summed E-state index contributed by atoms with van der Waals surface area (Å²) in [4.78, 5) is 48.7. The van der Waals surface area contributed by atoms with Crippen LogP contribution in [0.5, 0.6) is 0 Å². The van der Waals surface area contributed by atoms with Crippen molar-refractivity contribution in [3.63, 3.8) is 0 Å². The second-order valence-electron chi connectivity index (χ2n) is 15.9. The summed E-state index contributed by atoms with van der Waals surface area (Å²) >= 11 is 0. The summed E-state index contributed by atoms with van der Waals surface area (Å²) in [5.74, 6) is -4.93. The molecule has 12 nitrogen and oxygen atoms in total. The lowest BCUT2D eigenvalue weighted by molar-refractivity contribution is -0.296. The standard InChI is InChI=1S/C41H59N3O9/c1-12-32-41(9)33(24(3)22-50-41)26(5)34(45)23(2)18-40(8,49-15-13-14-29-17-30(19-42)21-43-20-29)37(27(6)35(46)28(7)38(48)52-32)53-39-36(47)31(44(10)11)16-25(4)51-39/h13-14,17,20-21,23,25-28,31-33,36-37,39,47H,3,12,15-16,18,22H2,1-2,4-11H3/b14-13+/t23?,25-,26?,27+,28?,31+,32-,33+,36-,37-,39+,40-,41-/m1/s1. The molecule has 0 amide bonds. The zero-order valence-corrected chi connectivity index (χ0v) is 33.0. The van der Waals surface area contributed by atoms with Crippen LogP contribution >= 0.6 is 0 Å². The maximum Gasteiger partial charge on any atom is 0.316 e. The van der Waals surface area contributed by atoms with E-state index >= 15 is 0 Å². The van der Waals surface area contributed by atoms with Crippen LogP contribution < -0.4 is 0 Å². The Labute approximate surface area is 314 Å². The molecule has 3 saturated heterocycles. The monoisotopic (exact) mass is 737 g/mol. The molecule has 53 heavy (non-hydrogen) atoms. The minimum Gasteiger partial charge on any atom is -0.459 e. The molecule has 4 heterocycles. The quantitative estimate of drug-likeness (QED) is 0.219. The topological polar surface area (TPSA) is 158 Å². The zero-order chi connectivity index (χ0) is 39.4. The Bertz CT molecular complexity index is 1570. The number of aliphatic hydroxyl groups is 1. The van der Waals surface area contributed by atoms with Crippen molar-refractivity contribution < 1.29 is 43.2 Å². The molecule has 0 aromatic carbocycles. The average molecular weight is 738 g/mol. The van der Waals surface area contributed by atoms with Crippen molar-refractivity contribution in [1.29, 1.82) is 5.26 Å². The van der Waals surface area contributed by atoms with Crippen LogP contribution in [0.1, 0.15) is 85.8 Å². The van der Waals surface area contributed by atoms with Gasteiger partial charge >= 0.3 is 5.97 Å². The highest BCUT2D eigenvalue weighted by atomic mass is 16.7. The van der Waals surface area contributed by atoms with Crippen molar-refractivity contribution in [2.24, 2.45) is 29.6 Å². The number of aromatic nitrogens is 1. The third-order valence-corrected chi connectivity index (χ3v) is 11.6. The fourth-order valence-corrected chi connectivity index (χ4v) is 8.69. The van der Waals surface area contributed by atoms with E-state index in [2.05, 4.69) is 17.6 Å². The number of cyclic esters (lactones) is 1. The number of hydrogen-bond acceptors (Lipinski definition) is 12. The Morgan fingerprint density at radius 2 is 1.81 bits per heavy atom. The fourth-order valence-electron chi connectivity index (χ4n) is 8.69. The Balaban J connectivity index is 1.81. The van der Waals surface area contributed by atoms with E-state index in [-0.39, 0.29) is 37.6 Å². The molecule has 1 aromatic rings. The highest BCUT2D eigenvalue weighted by Crippen LogP contribution is 2.46. The molecular weight excluding hydrogens is 678 g/mol. The summed E-state index contributed by atoms with van der Waals surface area (Å²) in [7, 11) is 3.75. The molecule has 13 atom stereocenters. The Kier molecular flexibility index (Phi) is 14.0. The van der Waals surface area contributed by atoms with Gasteiger partial charge in [-0.1, -0.05) is 46.4 Å². The molecule has 12 heteroatoms. The van der Waals surface area contributed by atoms with Crippen molar-refractivity contribution in [3.8, 4) is 6.07 Å². The minimum absolute atomic E-state index is 0.0381. The van der Waals surface area contributed by atoms with Crippen LogP contribution in [0.15, 0.2) is 36.7 Å². The molecule has 0 spiro atoms. The first-order valence-corrected chi connectivity index (χ1v) is 18.8. The summed E-state index contributed by atoms with van der Waals surface area (Å²) in [6.45, 7) is 18.9. The number of ketones is 2. The van der Waals surface area contributed by atoms with Crippen LogP contribution in [0.3, 0.4) is 0 Å². The van der Waals surface area contributed by atoms with Gasteiger partial charge in [0.2, 0.25) is 0 Å². The summed E-state index contributed by atoms with van der Waals surface area (Å²) in [6, 6.07) is 3.49. The van der Waals surface area contributed by atoms with Gasteiger partial charge in [-0.25, -0.2) is 0 Å². The van der Waals surface area contributed by atoms with Gasteiger partial charge in [-0.05, 0) is 78.3 Å². The molecule has 0 saturated carbocycles. The number of hydrogen-bond donors (Lipinski definition) is 1. The van der Waals surface area contributed by atoms with E-state index in [1.807, 2.05) is 53.6 Å². The highest BCUT2D eigenvalue weighted by Gasteiger charge is 2.55. The van der Waals surface area contributed by atoms with Gasteiger partial charge < -0.3 is 33.7 Å². The molecule has 0 aliphatic carbocycles. The Morgan fingerprint density at radius 3 is 2.45 bits per heavy atom. The van der Waals surface area contributed by atoms with Gasteiger partial charge in [0.25, 0.3) is 0 Å². The molecule has 4 rings (SSSR count). The van der Waals surface area contributed by atoms with E-state index < -0.39 is 77.1 Å². The normalized spacial score (nSPS) is 39.1. The molecule has 292 valence electrons. The number of pyridine rings is 1. The lowest BCUT2D eigenvalue weighted by atomic mass is 9.69. The average Bonchev–Trinajstić information content (AvgIpc) is 3.44. The Hall–Kier alpha value is -3.31. The number of fused-ring (bicyclic) bond motifs is 1. The maximum absolute atomic E-state index is 14.5. The summed E-state index contributed by atoms with van der Waals surface area (Å²) in [6.07, 6.45) is 3.44. The van der Waals surface area contributed by atoms with E-state index in [0.717, 1.165) is 5.57 Å². The van der Waals surface area contributed by atoms with Crippen LogP contribution in [0.2, 0.25) is 0 Å². The molecule has 3 aliphatic rings. The predicted octanol–water partition coefficient (Wildman–Crippen LogP) is 4.92. The maximum atomic E-state index is 14.5.